The van der Waals surface area contributed by atoms with Gasteiger partial charge in [-0.15, -0.1) is 10.2 Å². The van der Waals surface area contributed by atoms with Gasteiger partial charge in [-0.25, -0.2) is 4.39 Å². The van der Waals surface area contributed by atoms with Gasteiger partial charge in [0.25, 0.3) is 5.22 Å². The number of aromatic nitrogens is 2. The number of aryl methyl sites for hydroxylation is 1. The van der Waals surface area contributed by atoms with Crippen LogP contribution in [0.1, 0.15) is 5.56 Å². The van der Waals surface area contributed by atoms with Gasteiger partial charge in [-0.3, -0.25) is 4.79 Å². The number of fused-ring (bicyclic) bond motifs is 1. The molecule has 7 heteroatoms. The van der Waals surface area contributed by atoms with Crippen molar-refractivity contribution in [3.8, 4) is 11.5 Å². The number of amides is 1. The fraction of sp³-hybridized carbons (Fsp3) is 0.0952. The second kappa shape index (κ2) is 7.82. The summed E-state index contributed by atoms with van der Waals surface area (Å²) in [5, 5.41) is 13.3. The molecule has 5 nitrogen and oxygen atoms in total. The molecular weight excluding hydrogens is 377 g/mol. The van der Waals surface area contributed by atoms with Gasteiger partial charge in [0.2, 0.25) is 11.8 Å². The number of nitrogens with one attached hydrogen (secondary N) is 1. The highest BCUT2D eigenvalue weighted by molar-refractivity contribution is 7.99. The molecule has 0 spiro atoms. The molecule has 0 radical (unpaired) electrons. The van der Waals surface area contributed by atoms with Crippen molar-refractivity contribution in [1.29, 1.82) is 0 Å². The van der Waals surface area contributed by atoms with E-state index in [2.05, 4.69) is 15.5 Å². The fourth-order valence-electron chi connectivity index (χ4n) is 2.87. The van der Waals surface area contributed by atoms with E-state index in [1.807, 2.05) is 42.5 Å². The Morgan fingerprint density at radius 2 is 1.93 bits per heavy atom. The zero-order valence-electron chi connectivity index (χ0n) is 15.0. The average Bonchev–Trinajstić information content (AvgIpc) is 3.17. The highest BCUT2D eigenvalue weighted by Crippen LogP contribution is 2.29. The van der Waals surface area contributed by atoms with Crippen LogP contribution in [0.2, 0.25) is 0 Å². The monoisotopic (exact) mass is 393 g/mol. The number of anilines is 1. The molecule has 0 saturated heterocycles. The van der Waals surface area contributed by atoms with Crippen LogP contribution in [0.15, 0.2) is 70.3 Å². The number of carbonyl (C=O) groups is 1. The number of benzene rings is 3. The number of thioether (sulfide) groups is 1. The summed E-state index contributed by atoms with van der Waals surface area (Å²) in [4.78, 5) is 12.2. The van der Waals surface area contributed by atoms with E-state index < -0.39 is 0 Å². The summed E-state index contributed by atoms with van der Waals surface area (Å²) in [5.74, 6) is -0.0519. The minimum Gasteiger partial charge on any atom is -0.411 e. The van der Waals surface area contributed by atoms with Gasteiger partial charge >= 0.3 is 0 Å². The highest BCUT2D eigenvalue weighted by atomic mass is 32.2. The third-order valence-electron chi connectivity index (χ3n) is 4.22. The lowest BCUT2D eigenvalue weighted by molar-refractivity contribution is -0.113. The van der Waals surface area contributed by atoms with Crippen LogP contribution in [0.4, 0.5) is 10.1 Å². The van der Waals surface area contributed by atoms with Crippen LogP contribution in [0.5, 0.6) is 0 Å². The summed E-state index contributed by atoms with van der Waals surface area (Å²) in [7, 11) is 0. The predicted octanol–water partition coefficient (Wildman–Crippen LogP) is 5.07. The predicted molar refractivity (Wildman–Crippen MR) is 108 cm³/mol. The maximum atomic E-state index is 13.1. The number of carbonyl (C=O) groups excluding carboxylic acids is 1. The molecule has 0 atom stereocenters. The summed E-state index contributed by atoms with van der Waals surface area (Å²) >= 11 is 1.15. The van der Waals surface area contributed by atoms with Crippen LogP contribution < -0.4 is 5.32 Å². The first-order valence-corrected chi connectivity index (χ1v) is 9.59. The number of hydrogen-bond acceptors (Lipinski definition) is 5. The van der Waals surface area contributed by atoms with Gasteiger partial charge in [-0.1, -0.05) is 48.2 Å². The molecule has 0 unspecified atom stereocenters. The van der Waals surface area contributed by atoms with Crippen molar-refractivity contribution in [2.24, 2.45) is 0 Å². The van der Waals surface area contributed by atoms with Crippen molar-refractivity contribution in [2.45, 2.75) is 12.1 Å². The Morgan fingerprint density at radius 3 is 2.79 bits per heavy atom. The van der Waals surface area contributed by atoms with Crippen LogP contribution in [0.3, 0.4) is 0 Å². The molecule has 0 fully saturated rings. The van der Waals surface area contributed by atoms with Gasteiger partial charge in [-0.05, 0) is 47.5 Å². The summed E-state index contributed by atoms with van der Waals surface area (Å²) in [5.41, 5.74) is 2.09. The number of halogens is 1. The lowest BCUT2D eigenvalue weighted by Crippen LogP contribution is -2.14. The normalized spacial score (nSPS) is 10.9. The molecule has 0 aliphatic heterocycles. The maximum absolute atomic E-state index is 13.1. The van der Waals surface area contributed by atoms with Crippen molar-refractivity contribution in [1.82, 2.24) is 10.2 Å². The van der Waals surface area contributed by atoms with Gasteiger partial charge in [0.1, 0.15) is 5.82 Å². The fourth-order valence-corrected chi connectivity index (χ4v) is 3.43. The van der Waals surface area contributed by atoms with Gasteiger partial charge in [-0.2, -0.15) is 0 Å². The Morgan fingerprint density at radius 1 is 1.11 bits per heavy atom. The van der Waals surface area contributed by atoms with Crippen LogP contribution in [0, 0.1) is 12.7 Å². The molecule has 4 rings (SSSR count). The lowest BCUT2D eigenvalue weighted by Gasteiger charge is -2.07. The second-order valence-electron chi connectivity index (χ2n) is 6.20. The Kier molecular flexibility index (Phi) is 5.08. The summed E-state index contributed by atoms with van der Waals surface area (Å²) in [6.45, 7) is 1.74. The molecule has 0 saturated carbocycles. The topological polar surface area (TPSA) is 68.0 Å². The molecule has 0 aliphatic rings. The molecule has 28 heavy (non-hydrogen) atoms. The second-order valence-corrected chi connectivity index (χ2v) is 7.12. The van der Waals surface area contributed by atoms with E-state index >= 15 is 0 Å². The zero-order chi connectivity index (χ0) is 19.5. The Balaban J connectivity index is 1.44. The van der Waals surface area contributed by atoms with Gasteiger partial charge in [0.05, 0.1) is 5.75 Å². The Hall–Kier alpha value is -3.19. The van der Waals surface area contributed by atoms with Gasteiger partial charge in [0.15, 0.2) is 0 Å². The molecular formula is C21H16FN3O2S. The first-order valence-electron chi connectivity index (χ1n) is 8.60. The minimum absolute atomic E-state index is 0.105. The van der Waals surface area contributed by atoms with E-state index in [0.29, 0.717) is 22.4 Å². The van der Waals surface area contributed by atoms with E-state index in [-0.39, 0.29) is 17.5 Å². The first-order chi connectivity index (χ1) is 13.6. The molecule has 3 aromatic carbocycles. The third kappa shape index (κ3) is 3.89. The Labute approximate surface area is 165 Å². The minimum atomic E-state index is -0.336. The smallest absolute Gasteiger partial charge is 0.277 e. The summed E-state index contributed by atoms with van der Waals surface area (Å²) in [6.07, 6.45) is 0. The number of nitrogens with zero attached hydrogens (tertiary/aromatic N) is 2. The highest BCUT2D eigenvalue weighted by Gasteiger charge is 2.14. The lowest BCUT2D eigenvalue weighted by atomic mass is 10.0. The molecule has 1 amide bonds. The SMILES string of the molecule is Cc1cc(F)ccc1NC(=O)CSc1nnc(-c2cccc3ccccc23)o1. The van der Waals surface area contributed by atoms with Crippen molar-refractivity contribution >= 4 is 34.1 Å². The van der Waals surface area contributed by atoms with Crippen LogP contribution in [-0.4, -0.2) is 21.9 Å². The quantitative estimate of drug-likeness (QED) is 0.480. The van der Waals surface area contributed by atoms with E-state index in [4.69, 9.17) is 4.42 Å². The van der Waals surface area contributed by atoms with E-state index in [0.717, 1.165) is 28.1 Å². The van der Waals surface area contributed by atoms with E-state index in [9.17, 15) is 9.18 Å². The molecule has 0 bridgehead atoms. The van der Waals surface area contributed by atoms with Gasteiger partial charge in [0, 0.05) is 11.3 Å². The Bertz CT molecular complexity index is 1150. The van der Waals surface area contributed by atoms with Crippen molar-refractivity contribution < 1.29 is 13.6 Å². The summed E-state index contributed by atoms with van der Waals surface area (Å²) < 4.78 is 18.9. The molecule has 1 N–H and O–H groups in total. The molecule has 140 valence electrons. The molecule has 1 aromatic heterocycles. The first kappa shape index (κ1) is 18.2. The molecule has 0 aliphatic carbocycles. The van der Waals surface area contributed by atoms with Crippen LogP contribution >= 0.6 is 11.8 Å². The van der Waals surface area contributed by atoms with Gasteiger partial charge < -0.3 is 9.73 Å². The maximum Gasteiger partial charge on any atom is 0.277 e. The summed E-state index contributed by atoms with van der Waals surface area (Å²) in [6, 6.07) is 18.1. The van der Waals surface area contributed by atoms with E-state index in [1.54, 1.807) is 13.0 Å². The largest absolute Gasteiger partial charge is 0.411 e. The van der Waals surface area contributed by atoms with Crippen molar-refractivity contribution in [2.75, 3.05) is 11.1 Å². The average molecular weight is 393 g/mol. The van der Waals surface area contributed by atoms with Crippen molar-refractivity contribution in [3.63, 3.8) is 0 Å². The molecule has 1 heterocycles. The number of rotatable bonds is 5. The van der Waals surface area contributed by atoms with E-state index in [1.165, 1.54) is 12.1 Å². The third-order valence-corrected chi connectivity index (χ3v) is 5.03. The zero-order valence-corrected chi connectivity index (χ0v) is 15.8. The number of hydrogen-bond donors (Lipinski definition) is 1. The molecule has 4 aromatic rings. The van der Waals surface area contributed by atoms with Crippen LogP contribution in [-0.2, 0) is 4.79 Å². The standard InChI is InChI=1S/C21H16FN3O2S/c1-13-11-15(22)9-10-18(13)23-19(26)12-28-21-25-24-20(27-21)17-8-4-6-14-5-2-3-7-16(14)17/h2-11H,12H2,1H3,(H,23,26). The van der Waals surface area contributed by atoms with Crippen LogP contribution in [0.25, 0.3) is 22.2 Å². The van der Waals surface area contributed by atoms with Crippen molar-refractivity contribution in [3.05, 3.63) is 72.0 Å².